The number of benzene rings is 2. The SMILES string of the molecule is C=CCn1c(SCC(=O)Nc2ccc(F)c(Cl)c2)nnc1C(C)Oc1ccc(Cl)cc1C. The first-order valence-corrected chi connectivity index (χ1v) is 11.4. The number of hydrogen-bond acceptors (Lipinski definition) is 5. The van der Waals surface area contributed by atoms with Gasteiger partial charge in [-0.2, -0.15) is 0 Å². The summed E-state index contributed by atoms with van der Waals surface area (Å²) in [5, 5.41) is 12.3. The highest BCUT2D eigenvalue weighted by atomic mass is 35.5. The first-order chi connectivity index (χ1) is 15.3. The monoisotopic (exact) mass is 494 g/mol. The summed E-state index contributed by atoms with van der Waals surface area (Å²) >= 11 is 13.0. The van der Waals surface area contributed by atoms with Crippen molar-refractivity contribution < 1.29 is 13.9 Å². The van der Waals surface area contributed by atoms with Gasteiger partial charge in [-0.05, 0) is 55.8 Å². The highest BCUT2D eigenvalue weighted by Gasteiger charge is 2.20. The molecule has 1 aromatic heterocycles. The number of thioether (sulfide) groups is 1. The number of rotatable bonds is 9. The smallest absolute Gasteiger partial charge is 0.234 e. The molecule has 0 aliphatic rings. The molecule has 0 bridgehead atoms. The van der Waals surface area contributed by atoms with Gasteiger partial charge in [0.2, 0.25) is 5.91 Å². The third-order valence-electron chi connectivity index (χ3n) is 4.40. The van der Waals surface area contributed by atoms with Gasteiger partial charge in [0.25, 0.3) is 0 Å². The van der Waals surface area contributed by atoms with Crippen molar-refractivity contribution in [1.29, 1.82) is 0 Å². The zero-order chi connectivity index (χ0) is 23.3. The summed E-state index contributed by atoms with van der Waals surface area (Å²) in [6.45, 7) is 8.02. The Hall–Kier alpha value is -2.55. The number of nitrogens with zero attached hydrogens (tertiary/aromatic N) is 3. The molecule has 0 saturated carbocycles. The normalized spacial score (nSPS) is 11.8. The third kappa shape index (κ3) is 6.03. The third-order valence-corrected chi connectivity index (χ3v) is 5.89. The average molecular weight is 495 g/mol. The molecule has 32 heavy (non-hydrogen) atoms. The summed E-state index contributed by atoms with van der Waals surface area (Å²) in [7, 11) is 0. The van der Waals surface area contributed by atoms with Crippen LogP contribution in [0, 0.1) is 12.7 Å². The molecule has 0 aliphatic carbocycles. The summed E-state index contributed by atoms with van der Waals surface area (Å²) < 4.78 is 21.2. The van der Waals surface area contributed by atoms with Crippen LogP contribution in [0.2, 0.25) is 10.0 Å². The lowest BCUT2D eigenvalue weighted by Gasteiger charge is -2.17. The van der Waals surface area contributed by atoms with E-state index in [2.05, 4.69) is 22.1 Å². The number of allylic oxidation sites excluding steroid dienone is 1. The van der Waals surface area contributed by atoms with Crippen LogP contribution >= 0.6 is 35.0 Å². The highest BCUT2D eigenvalue weighted by molar-refractivity contribution is 7.99. The van der Waals surface area contributed by atoms with Crippen molar-refractivity contribution in [3.05, 3.63) is 76.3 Å². The first kappa shape index (κ1) is 24.1. The first-order valence-electron chi connectivity index (χ1n) is 9.63. The fraction of sp³-hybridized carbons (Fsp3) is 0.227. The number of carbonyl (C=O) groups excluding carboxylic acids is 1. The van der Waals surface area contributed by atoms with E-state index in [-0.39, 0.29) is 16.7 Å². The van der Waals surface area contributed by atoms with Gasteiger partial charge in [0.15, 0.2) is 17.1 Å². The maximum atomic E-state index is 13.3. The van der Waals surface area contributed by atoms with E-state index in [4.69, 9.17) is 27.9 Å². The van der Waals surface area contributed by atoms with Gasteiger partial charge in [0.1, 0.15) is 11.6 Å². The zero-order valence-corrected chi connectivity index (χ0v) is 19.8. The number of carbonyl (C=O) groups is 1. The summed E-state index contributed by atoms with van der Waals surface area (Å²) in [6.07, 6.45) is 1.32. The van der Waals surface area contributed by atoms with Gasteiger partial charge >= 0.3 is 0 Å². The minimum absolute atomic E-state index is 0.0595. The summed E-state index contributed by atoms with van der Waals surface area (Å²) in [5.74, 6) is 0.548. The van der Waals surface area contributed by atoms with Gasteiger partial charge in [0.05, 0.1) is 10.8 Å². The molecule has 2 aromatic carbocycles. The molecule has 168 valence electrons. The van der Waals surface area contributed by atoms with E-state index in [1.54, 1.807) is 12.1 Å². The largest absolute Gasteiger partial charge is 0.482 e. The number of aryl methyl sites for hydroxylation is 1. The van der Waals surface area contributed by atoms with Gasteiger partial charge in [-0.3, -0.25) is 9.36 Å². The second-order valence-corrected chi connectivity index (χ2v) is 8.66. The van der Waals surface area contributed by atoms with Crippen LogP contribution in [0.1, 0.15) is 24.4 Å². The number of hydrogen-bond donors (Lipinski definition) is 1. The Morgan fingerprint density at radius 2 is 2.09 bits per heavy atom. The molecular formula is C22H21Cl2FN4O2S. The Morgan fingerprint density at radius 1 is 1.31 bits per heavy atom. The lowest BCUT2D eigenvalue weighted by molar-refractivity contribution is -0.113. The molecule has 0 aliphatic heterocycles. The maximum Gasteiger partial charge on any atom is 0.234 e. The van der Waals surface area contributed by atoms with Gasteiger partial charge in [0, 0.05) is 17.3 Å². The van der Waals surface area contributed by atoms with Crippen LogP contribution < -0.4 is 10.1 Å². The molecule has 1 unspecified atom stereocenters. The number of anilines is 1. The van der Waals surface area contributed by atoms with Crippen LogP contribution in [-0.4, -0.2) is 26.4 Å². The lowest BCUT2D eigenvalue weighted by Crippen LogP contribution is -2.15. The van der Waals surface area contributed by atoms with Gasteiger partial charge in [-0.15, -0.1) is 16.8 Å². The molecule has 3 rings (SSSR count). The summed E-state index contributed by atoms with van der Waals surface area (Å²) in [6, 6.07) is 9.40. The van der Waals surface area contributed by atoms with E-state index in [1.807, 2.05) is 30.5 Å². The molecule has 1 N–H and O–H groups in total. The Bertz CT molecular complexity index is 1140. The molecule has 3 aromatic rings. The highest BCUT2D eigenvalue weighted by Crippen LogP contribution is 2.28. The Labute approximate surface area is 199 Å². The van der Waals surface area contributed by atoms with Gasteiger partial charge in [-0.1, -0.05) is 41.0 Å². The number of ether oxygens (including phenoxy) is 1. The van der Waals surface area contributed by atoms with Crippen molar-refractivity contribution in [2.24, 2.45) is 0 Å². The van der Waals surface area contributed by atoms with Crippen molar-refractivity contribution in [2.45, 2.75) is 31.7 Å². The molecule has 1 heterocycles. The molecular weight excluding hydrogens is 474 g/mol. The van der Waals surface area contributed by atoms with E-state index in [1.165, 1.54) is 30.0 Å². The Balaban J connectivity index is 1.68. The average Bonchev–Trinajstić information content (AvgIpc) is 3.14. The van der Waals surface area contributed by atoms with Crippen LogP contribution in [0.15, 0.2) is 54.2 Å². The lowest BCUT2D eigenvalue weighted by atomic mass is 10.2. The number of nitrogens with one attached hydrogen (secondary N) is 1. The maximum absolute atomic E-state index is 13.3. The quantitative estimate of drug-likeness (QED) is 0.288. The Kier molecular flexibility index (Phi) is 8.17. The standard InChI is InChI=1S/C22H21Cl2FN4O2S/c1-4-9-29-21(14(3)31-19-8-5-15(23)10-13(19)2)27-28-22(29)32-12-20(30)26-16-6-7-18(25)17(24)11-16/h4-8,10-11,14H,1,9,12H2,2-3H3,(H,26,30). The van der Waals surface area contributed by atoms with E-state index < -0.39 is 11.9 Å². The molecule has 0 radical (unpaired) electrons. The minimum atomic E-state index is -0.547. The molecule has 6 nitrogen and oxygen atoms in total. The predicted octanol–water partition coefficient (Wildman–Crippen LogP) is 6.09. The van der Waals surface area contributed by atoms with E-state index >= 15 is 0 Å². The summed E-state index contributed by atoms with van der Waals surface area (Å²) in [5.41, 5.74) is 1.32. The van der Waals surface area contributed by atoms with Crippen molar-refractivity contribution in [3.8, 4) is 5.75 Å². The molecule has 10 heteroatoms. The number of aromatic nitrogens is 3. The van der Waals surface area contributed by atoms with Crippen LogP contribution in [0.5, 0.6) is 5.75 Å². The summed E-state index contributed by atoms with van der Waals surface area (Å²) in [4.78, 5) is 12.3. The molecule has 0 spiro atoms. The Morgan fingerprint density at radius 3 is 2.78 bits per heavy atom. The van der Waals surface area contributed by atoms with E-state index in [0.29, 0.717) is 34.0 Å². The second kappa shape index (κ2) is 10.8. The second-order valence-electron chi connectivity index (χ2n) is 6.88. The van der Waals surface area contributed by atoms with Crippen molar-refractivity contribution >= 4 is 46.6 Å². The predicted molar refractivity (Wildman–Crippen MR) is 126 cm³/mol. The number of halogens is 3. The van der Waals surface area contributed by atoms with Crippen LogP contribution in [0.25, 0.3) is 0 Å². The van der Waals surface area contributed by atoms with Gasteiger partial charge < -0.3 is 10.1 Å². The zero-order valence-electron chi connectivity index (χ0n) is 17.4. The number of amides is 1. The molecule has 0 saturated heterocycles. The fourth-order valence-corrected chi connectivity index (χ4v) is 4.06. The van der Waals surface area contributed by atoms with Crippen LogP contribution in [-0.2, 0) is 11.3 Å². The molecule has 0 fully saturated rings. The van der Waals surface area contributed by atoms with E-state index in [9.17, 15) is 9.18 Å². The van der Waals surface area contributed by atoms with Gasteiger partial charge in [-0.25, -0.2) is 4.39 Å². The molecule has 1 amide bonds. The van der Waals surface area contributed by atoms with Crippen molar-refractivity contribution in [3.63, 3.8) is 0 Å². The van der Waals surface area contributed by atoms with E-state index in [0.717, 1.165) is 5.56 Å². The minimum Gasteiger partial charge on any atom is -0.482 e. The topological polar surface area (TPSA) is 69.0 Å². The van der Waals surface area contributed by atoms with Crippen LogP contribution in [0.3, 0.4) is 0 Å². The van der Waals surface area contributed by atoms with Crippen molar-refractivity contribution in [1.82, 2.24) is 14.8 Å². The fourth-order valence-electron chi connectivity index (χ4n) is 2.90. The van der Waals surface area contributed by atoms with Crippen LogP contribution in [0.4, 0.5) is 10.1 Å². The van der Waals surface area contributed by atoms with Crippen molar-refractivity contribution in [2.75, 3.05) is 11.1 Å². The molecule has 1 atom stereocenters.